The number of anilines is 1. The first-order valence-electron chi connectivity index (χ1n) is 11.4. The largest absolute Gasteiger partial charge is 0.338 e. The van der Waals surface area contributed by atoms with E-state index in [0.29, 0.717) is 36.5 Å². The lowest BCUT2D eigenvalue weighted by atomic mass is 9.97. The third kappa shape index (κ3) is 4.98. The number of nitrogens with one attached hydrogen (secondary N) is 2. The maximum absolute atomic E-state index is 13.0. The van der Waals surface area contributed by atoms with Crippen molar-refractivity contribution in [2.75, 3.05) is 24.7 Å². The van der Waals surface area contributed by atoms with E-state index >= 15 is 0 Å². The van der Waals surface area contributed by atoms with E-state index in [1.807, 2.05) is 66.9 Å². The van der Waals surface area contributed by atoms with Gasteiger partial charge in [-0.25, -0.2) is 13.4 Å². The molecule has 0 unspecified atom stereocenters. The second-order valence-electron chi connectivity index (χ2n) is 8.53. The first-order chi connectivity index (χ1) is 16.9. The van der Waals surface area contributed by atoms with E-state index in [1.165, 1.54) is 4.31 Å². The van der Waals surface area contributed by atoms with E-state index in [1.54, 1.807) is 23.9 Å². The van der Waals surface area contributed by atoms with Crippen molar-refractivity contribution in [1.82, 2.24) is 14.3 Å². The fraction of sp³-hybridized carbons (Fsp3) is 0.231. The summed E-state index contributed by atoms with van der Waals surface area (Å²) in [4.78, 5) is 22.2. The number of hydrogen-bond acceptors (Lipinski definition) is 5. The summed E-state index contributed by atoms with van der Waals surface area (Å²) in [6.45, 7) is 0.646. The van der Waals surface area contributed by atoms with Crippen LogP contribution in [0.3, 0.4) is 0 Å². The van der Waals surface area contributed by atoms with E-state index in [4.69, 9.17) is 0 Å². The van der Waals surface area contributed by atoms with E-state index in [0.717, 1.165) is 27.3 Å². The summed E-state index contributed by atoms with van der Waals surface area (Å²) in [7, 11) is -3.56. The summed E-state index contributed by atoms with van der Waals surface area (Å²) in [5.74, 6) is 0.412. The second kappa shape index (κ2) is 9.85. The summed E-state index contributed by atoms with van der Waals surface area (Å²) >= 11 is 1.57. The Morgan fingerprint density at radius 1 is 1.03 bits per heavy atom. The van der Waals surface area contributed by atoms with Crippen molar-refractivity contribution in [1.29, 1.82) is 0 Å². The van der Waals surface area contributed by atoms with Gasteiger partial charge in [0.15, 0.2) is 0 Å². The SMILES string of the molecule is CSc1ccc(S(=O)(=O)N2CCC(C(=O)Nc3cccc(-c4nc5ccccc5[nH]4)c3)CC2)cc1. The summed E-state index contributed by atoms with van der Waals surface area (Å²) in [6.07, 6.45) is 2.92. The molecule has 35 heavy (non-hydrogen) atoms. The van der Waals surface area contributed by atoms with Gasteiger partial charge in [0.05, 0.1) is 15.9 Å². The molecule has 2 heterocycles. The molecule has 1 fully saturated rings. The molecule has 0 spiro atoms. The van der Waals surface area contributed by atoms with Crippen molar-refractivity contribution < 1.29 is 13.2 Å². The average Bonchev–Trinajstić information content (AvgIpc) is 3.33. The highest BCUT2D eigenvalue weighted by Gasteiger charge is 2.32. The Balaban J connectivity index is 1.22. The van der Waals surface area contributed by atoms with Gasteiger partial charge in [-0.3, -0.25) is 4.79 Å². The molecule has 1 aromatic heterocycles. The zero-order valence-electron chi connectivity index (χ0n) is 19.3. The molecule has 5 rings (SSSR count). The molecule has 0 radical (unpaired) electrons. The van der Waals surface area contributed by atoms with Crippen LogP contribution in [0.5, 0.6) is 0 Å². The van der Waals surface area contributed by atoms with Crippen molar-refractivity contribution in [2.24, 2.45) is 5.92 Å². The minimum absolute atomic E-state index is 0.0897. The van der Waals surface area contributed by atoms with Gasteiger partial charge in [0.2, 0.25) is 15.9 Å². The normalized spacial score (nSPS) is 15.3. The third-order valence-electron chi connectivity index (χ3n) is 6.31. The van der Waals surface area contributed by atoms with Gasteiger partial charge in [-0.2, -0.15) is 4.31 Å². The van der Waals surface area contributed by atoms with Gasteiger partial charge in [-0.15, -0.1) is 11.8 Å². The van der Waals surface area contributed by atoms with Gasteiger partial charge >= 0.3 is 0 Å². The van der Waals surface area contributed by atoms with Gasteiger partial charge in [-0.1, -0.05) is 24.3 Å². The minimum atomic E-state index is -3.56. The number of nitrogens with zero attached hydrogens (tertiary/aromatic N) is 2. The van der Waals surface area contributed by atoms with E-state index in [9.17, 15) is 13.2 Å². The molecule has 1 saturated heterocycles. The Bertz CT molecular complexity index is 1420. The van der Waals surface area contributed by atoms with Crippen LogP contribution in [0.4, 0.5) is 5.69 Å². The molecule has 3 aromatic carbocycles. The van der Waals surface area contributed by atoms with Gasteiger partial charge in [-0.05, 0) is 67.6 Å². The number of piperidine rings is 1. The first-order valence-corrected chi connectivity index (χ1v) is 14.1. The summed E-state index contributed by atoms with van der Waals surface area (Å²) in [5, 5.41) is 3.00. The molecule has 9 heteroatoms. The quantitative estimate of drug-likeness (QED) is 0.359. The highest BCUT2D eigenvalue weighted by atomic mass is 32.2. The number of rotatable bonds is 6. The molecule has 0 bridgehead atoms. The Labute approximate surface area is 209 Å². The number of H-pyrrole nitrogens is 1. The second-order valence-corrected chi connectivity index (χ2v) is 11.3. The zero-order chi connectivity index (χ0) is 24.4. The van der Waals surface area contributed by atoms with Crippen LogP contribution in [0.2, 0.25) is 0 Å². The number of fused-ring (bicyclic) bond motifs is 1. The van der Waals surface area contributed by atoms with Gasteiger partial charge in [0, 0.05) is 35.2 Å². The Morgan fingerprint density at radius 2 is 1.77 bits per heavy atom. The molecule has 2 N–H and O–H groups in total. The number of benzene rings is 3. The van der Waals surface area contributed by atoms with Crippen LogP contribution in [0, 0.1) is 5.92 Å². The third-order valence-corrected chi connectivity index (χ3v) is 8.97. The molecule has 7 nitrogen and oxygen atoms in total. The van der Waals surface area contributed by atoms with Gasteiger partial charge in [0.25, 0.3) is 0 Å². The van der Waals surface area contributed by atoms with Gasteiger partial charge < -0.3 is 10.3 Å². The van der Waals surface area contributed by atoms with Crippen LogP contribution in [-0.2, 0) is 14.8 Å². The van der Waals surface area contributed by atoms with E-state index in [2.05, 4.69) is 15.3 Å². The number of aromatic nitrogens is 2. The number of carbonyl (C=O) groups is 1. The number of carbonyl (C=O) groups excluding carboxylic acids is 1. The number of amides is 1. The Morgan fingerprint density at radius 3 is 2.49 bits per heavy atom. The van der Waals surface area contributed by atoms with Crippen molar-refractivity contribution in [2.45, 2.75) is 22.6 Å². The van der Waals surface area contributed by atoms with Crippen LogP contribution < -0.4 is 5.32 Å². The van der Waals surface area contributed by atoms with Gasteiger partial charge in [0.1, 0.15) is 5.82 Å². The number of thioether (sulfide) groups is 1. The standard InChI is InChI=1S/C26H26N4O3S2/c1-34-21-9-11-22(12-10-21)35(32,33)30-15-13-18(14-16-30)26(31)27-20-6-4-5-19(17-20)25-28-23-7-2-3-8-24(23)29-25/h2-12,17-18H,13-16H2,1H3,(H,27,31)(H,28,29). The summed E-state index contributed by atoms with van der Waals surface area (Å²) < 4.78 is 27.5. The lowest BCUT2D eigenvalue weighted by molar-refractivity contribution is -0.120. The highest BCUT2D eigenvalue weighted by Crippen LogP contribution is 2.27. The maximum Gasteiger partial charge on any atom is 0.243 e. The molecule has 180 valence electrons. The number of aromatic amines is 1. The minimum Gasteiger partial charge on any atom is -0.338 e. The highest BCUT2D eigenvalue weighted by molar-refractivity contribution is 7.98. The molecule has 0 atom stereocenters. The fourth-order valence-electron chi connectivity index (χ4n) is 4.33. The predicted molar refractivity (Wildman–Crippen MR) is 140 cm³/mol. The molecule has 1 aliphatic rings. The van der Waals surface area contributed by atoms with Crippen LogP contribution in [0.1, 0.15) is 12.8 Å². The number of para-hydroxylation sites is 2. The van der Waals surface area contributed by atoms with E-state index < -0.39 is 10.0 Å². The van der Waals surface area contributed by atoms with Crippen LogP contribution in [0.25, 0.3) is 22.4 Å². The molecule has 1 amide bonds. The molecule has 4 aromatic rings. The number of imidazole rings is 1. The van der Waals surface area contributed by atoms with Crippen LogP contribution in [0.15, 0.2) is 82.6 Å². The summed E-state index contributed by atoms with van der Waals surface area (Å²) in [6, 6.07) is 22.3. The van der Waals surface area contributed by atoms with Crippen molar-refractivity contribution in [3.63, 3.8) is 0 Å². The van der Waals surface area contributed by atoms with Crippen LogP contribution >= 0.6 is 11.8 Å². The number of sulfonamides is 1. The predicted octanol–water partition coefficient (Wildman–Crippen LogP) is 4.99. The smallest absolute Gasteiger partial charge is 0.243 e. The lowest BCUT2D eigenvalue weighted by Crippen LogP contribution is -2.41. The Kier molecular flexibility index (Phi) is 6.64. The van der Waals surface area contributed by atoms with Crippen molar-refractivity contribution >= 4 is 44.4 Å². The first kappa shape index (κ1) is 23.6. The lowest BCUT2D eigenvalue weighted by Gasteiger charge is -2.30. The summed E-state index contributed by atoms with van der Waals surface area (Å²) in [5.41, 5.74) is 3.42. The maximum atomic E-state index is 13.0. The monoisotopic (exact) mass is 506 g/mol. The molecule has 0 saturated carbocycles. The van der Waals surface area contributed by atoms with Crippen molar-refractivity contribution in [3.05, 3.63) is 72.8 Å². The zero-order valence-corrected chi connectivity index (χ0v) is 20.9. The average molecular weight is 507 g/mol. The molecule has 0 aliphatic carbocycles. The fourth-order valence-corrected chi connectivity index (χ4v) is 6.21. The number of hydrogen-bond donors (Lipinski definition) is 2. The Hall–Kier alpha value is -3.14. The molecule has 1 aliphatic heterocycles. The van der Waals surface area contributed by atoms with Crippen LogP contribution in [-0.4, -0.2) is 47.9 Å². The molecular weight excluding hydrogens is 480 g/mol. The molecular formula is C26H26N4O3S2. The topological polar surface area (TPSA) is 95.2 Å². The van der Waals surface area contributed by atoms with Crippen molar-refractivity contribution in [3.8, 4) is 11.4 Å². The van der Waals surface area contributed by atoms with E-state index in [-0.39, 0.29) is 11.8 Å².